The molecule has 0 spiro atoms. The molecule has 208 valence electrons. The predicted molar refractivity (Wildman–Crippen MR) is 138 cm³/mol. The lowest BCUT2D eigenvalue weighted by Crippen LogP contribution is -2.47. The van der Waals surface area contributed by atoms with Crippen LogP contribution in [-0.2, 0) is 39.4 Å². The summed E-state index contributed by atoms with van der Waals surface area (Å²) in [6.45, 7) is 13.9. The van der Waals surface area contributed by atoms with Gasteiger partial charge in [0, 0.05) is 0 Å². The molecule has 0 aliphatic rings. The van der Waals surface area contributed by atoms with E-state index in [1.54, 1.807) is 31.7 Å². The molecule has 0 amide bonds. The van der Waals surface area contributed by atoms with Crippen LogP contribution in [0.3, 0.4) is 0 Å². The first-order valence-corrected chi connectivity index (χ1v) is 13.9. The lowest BCUT2D eigenvalue weighted by Gasteiger charge is -2.31. The average molecular weight is 543 g/mol. The third-order valence-electron chi connectivity index (χ3n) is 4.93. The number of carbonyl (C=O) groups is 2. The minimum Gasteiger partial charge on any atom is -0.464 e. The predicted octanol–water partition coefficient (Wildman–Crippen LogP) is 2.89. The van der Waals surface area contributed by atoms with Crippen molar-refractivity contribution in [3.05, 3.63) is 12.7 Å². The monoisotopic (exact) mass is 542 g/mol. The normalized spacial score (nSPS) is 15.5. The molecule has 0 aromatic carbocycles. The molecule has 0 radical (unpaired) electrons. The van der Waals surface area contributed by atoms with E-state index in [1.165, 1.54) is 27.1 Å². The van der Waals surface area contributed by atoms with Crippen molar-refractivity contribution in [1.82, 2.24) is 24.6 Å². The molecule has 0 bridgehead atoms. The van der Waals surface area contributed by atoms with Crippen molar-refractivity contribution in [3.8, 4) is 0 Å². The van der Waals surface area contributed by atoms with Crippen LogP contribution in [0.15, 0.2) is 12.7 Å². The molecule has 3 atom stereocenters. The maximum absolute atomic E-state index is 13.9. The molecule has 0 saturated heterocycles. The van der Waals surface area contributed by atoms with Gasteiger partial charge < -0.3 is 29.0 Å². The summed E-state index contributed by atoms with van der Waals surface area (Å²) in [4.78, 5) is 37.4. The van der Waals surface area contributed by atoms with E-state index >= 15 is 0 Å². The minimum absolute atomic E-state index is 0.123. The fraction of sp³-hybridized carbons (Fsp3) is 0.696. The molecule has 37 heavy (non-hydrogen) atoms. The van der Waals surface area contributed by atoms with Gasteiger partial charge in [0.2, 0.25) is 0 Å². The number of hydrogen-bond acceptors (Lipinski definition) is 11. The number of nitrogens with one attached hydrogen (secondary N) is 1. The summed E-state index contributed by atoms with van der Waals surface area (Å²) in [5.74, 6) is -0.920. The number of aromatic nitrogens is 4. The van der Waals surface area contributed by atoms with Crippen LogP contribution >= 0.6 is 7.52 Å². The quantitative estimate of drug-likeness (QED) is 0.265. The number of hydrogen-bond donors (Lipinski definition) is 2. The number of imidazole rings is 1. The van der Waals surface area contributed by atoms with Gasteiger partial charge in [0.05, 0.1) is 31.7 Å². The van der Waals surface area contributed by atoms with Crippen molar-refractivity contribution in [2.45, 2.75) is 85.8 Å². The second kappa shape index (κ2) is 12.8. The van der Waals surface area contributed by atoms with Crippen LogP contribution in [0.25, 0.3) is 11.2 Å². The van der Waals surface area contributed by atoms with Crippen molar-refractivity contribution < 1.29 is 32.9 Å². The topological polar surface area (TPSA) is 170 Å². The average Bonchev–Trinajstić information content (AvgIpc) is 3.19. The Morgan fingerprint density at radius 2 is 1.81 bits per heavy atom. The number of rotatable bonds is 14. The van der Waals surface area contributed by atoms with E-state index in [-0.39, 0.29) is 24.4 Å². The molecular formula is C23H39N6O7P. The lowest BCUT2D eigenvalue weighted by molar-refractivity contribution is -0.155. The van der Waals surface area contributed by atoms with Gasteiger partial charge in [0.25, 0.3) is 7.52 Å². The van der Waals surface area contributed by atoms with E-state index in [2.05, 4.69) is 20.0 Å². The first kappa shape index (κ1) is 30.6. The third-order valence-corrected chi connectivity index (χ3v) is 6.98. The van der Waals surface area contributed by atoms with Crippen LogP contribution in [-0.4, -0.2) is 68.3 Å². The van der Waals surface area contributed by atoms with Gasteiger partial charge in [-0.2, -0.15) is 0 Å². The van der Waals surface area contributed by atoms with Crippen LogP contribution in [0.5, 0.6) is 0 Å². The lowest BCUT2D eigenvalue weighted by atomic mass is 10.1. The highest BCUT2D eigenvalue weighted by atomic mass is 31.2. The molecular weight excluding hydrogens is 503 g/mol. The van der Waals surface area contributed by atoms with Gasteiger partial charge >= 0.3 is 11.9 Å². The molecule has 14 heteroatoms. The van der Waals surface area contributed by atoms with Gasteiger partial charge in [-0.15, -0.1) is 0 Å². The molecule has 1 unspecified atom stereocenters. The third kappa shape index (κ3) is 9.03. The van der Waals surface area contributed by atoms with Gasteiger partial charge in [-0.25, -0.2) is 24.8 Å². The van der Waals surface area contributed by atoms with Crippen LogP contribution in [0, 0.1) is 5.92 Å². The number of carbonyl (C=O) groups excluding carboxylic acids is 2. The Kier molecular flexibility index (Phi) is 10.6. The van der Waals surface area contributed by atoms with Crippen molar-refractivity contribution in [1.29, 1.82) is 0 Å². The Bertz CT molecular complexity index is 1120. The number of esters is 2. The van der Waals surface area contributed by atoms with Gasteiger partial charge in [0.1, 0.15) is 23.7 Å². The van der Waals surface area contributed by atoms with Gasteiger partial charge in [0.15, 0.2) is 17.6 Å². The fourth-order valence-corrected chi connectivity index (χ4v) is 5.37. The highest BCUT2D eigenvalue weighted by Gasteiger charge is 2.40. The van der Waals surface area contributed by atoms with Crippen LogP contribution in [0.2, 0.25) is 0 Å². The van der Waals surface area contributed by atoms with E-state index in [0.29, 0.717) is 17.7 Å². The molecule has 0 fully saturated rings. The zero-order valence-electron chi connectivity index (χ0n) is 22.8. The molecule has 0 aliphatic carbocycles. The SMILES string of the molecule is CC(C)COC(=O)C(C)(C)NP(=O)(CO[C@H](C)Cn1cnc2c(N)ncnc21)O[C@@H](C)C(=O)OC(C)C. The highest BCUT2D eigenvalue weighted by Crippen LogP contribution is 2.46. The van der Waals surface area contributed by atoms with E-state index in [1.807, 2.05) is 13.8 Å². The first-order chi connectivity index (χ1) is 17.1. The molecule has 13 nitrogen and oxygen atoms in total. The standard InChI is InChI=1S/C23H39N6O7P/c1-14(2)10-33-22(31)23(7,8)28-37(32,36-17(6)21(30)35-15(3)4)13-34-16(5)9-29-12-27-18-19(24)25-11-26-20(18)29/h11-12,14-17H,9-10,13H2,1-8H3,(H,28,32)(H2,24,25,26)/t16-,17+,37?/m1/s1. The second-order valence-corrected chi connectivity index (χ2v) is 12.1. The summed E-state index contributed by atoms with van der Waals surface area (Å²) < 4.78 is 37.7. The molecule has 2 aromatic heterocycles. The largest absolute Gasteiger partial charge is 0.464 e. The Morgan fingerprint density at radius 3 is 2.43 bits per heavy atom. The van der Waals surface area contributed by atoms with Crippen molar-refractivity contribution in [2.24, 2.45) is 5.92 Å². The van der Waals surface area contributed by atoms with Gasteiger partial charge in [-0.1, -0.05) is 13.8 Å². The van der Waals surface area contributed by atoms with Gasteiger partial charge in [-0.05, 0) is 47.5 Å². The summed E-state index contributed by atoms with van der Waals surface area (Å²) in [6, 6.07) is 0. The zero-order chi connectivity index (χ0) is 28.0. The van der Waals surface area contributed by atoms with Crippen molar-refractivity contribution in [3.63, 3.8) is 0 Å². The number of fused-ring (bicyclic) bond motifs is 1. The molecule has 0 saturated carbocycles. The molecule has 2 rings (SSSR count). The number of nitrogen functional groups attached to an aromatic ring is 1. The summed E-state index contributed by atoms with van der Waals surface area (Å²) in [6.07, 6.45) is 0.416. The van der Waals surface area contributed by atoms with Gasteiger partial charge in [-0.3, -0.25) is 9.36 Å². The first-order valence-electron chi connectivity index (χ1n) is 12.1. The van der Waals surface area contributed by atoms with Crippen LogP contribution in [0.1, 0.15) is 55.4 Å². The summed E-state index contributed by atoms with van der Waals surface area (Å²) in [5.41, 5.74) is 5.44. The van der Waals surface area contributed by atoms with Crippen molar-refractivity contribution >= 4 is 36.4 Å². The molecule has 2 aromatic rings. The molecule has 3 N–H and O–H groups in total. The maximum atomic E-state index is 13.9. The summed E-state index contributed by atoms with van der Waals surface area (Å²) >= 11 is 0. The second-order valence-electron chi connectivity index (χ2n) is 10.1. The maximum Gasteiger partial charge on any atom is 0.335 e. The summed E-state index contributed by atoms with van der Waals surface area (Å²) in [5, 5.41) is 2.75. The number of nitrogens with zero attached hydrogens (tertiary/aromatic N) is 4. The van der Waals surface area contributed by atoms with E-state index < -0.39 is 43.6 Å². The highest BCUT2D eigenvalue weighted by molar-refractivity contribution is 7.56. The Hall–Kier alpha value is -2.60. The molecule has 0 aliphatic heterocycles. The Labute approximate surface area is 217 Å². The number of nitrogens with two attached hydrogens (primary N) is 1. The minimum atomic E-state index is -3.94. The number of anilines is 1. The van der Waals surface area contributed by atoms with Crippen molar-refractivity contribution in [2.75, 3.05) is 18.7 Å². The van der Waals surface area contributed by atoms with E-state index in [4.69, 9.17) is 24.5 Å². The number of ether oxygens (including phenoxy) is 3. The molecule has 2 heterocycles. The Balaban J connectivity index is 2.17. The van der Waals surface area contributed by atoms with E-state index in [9.17, 15) is 14.2 Å². The zero-order valence-corrected chi connectivity index (χ0v) is 23.7. The van der Waals surface area contributed by atoms with Crippen LogP contribution < -0.4 is 10.8 Å². The summed E-state index contributed by atoms with van der Waals surface area (Å²) in [7, 11) is -3.94. The van der Waals surface area contributed by atoms with E-state index in [0.717, 1.165) is 0 Å². The fourth-order valence-electron chi connectivity index (χ4n) is 3.20. The Morgan fingerprint density at radius 1 is 1.14 bits per heavy atom. The van der Waals surface area contributed by atoms with Crippen LogP contribution in [0.4, 0.5) is 5.82 Å². The smallest absolute Gasteiger partial charge is 0.335 e.